The zero-order valence-electron chi connectivity index (χ0n) is 12.6. The van der Waals surface area contributed by atoms with Crippen LogP contribution in [-0.2, 0) is 0 Å². The molecule has 0 saturated carbocycles. The molecule has 1 heterocycles. The van der Waals surface area contributed by atoms with Crippen LogP contribution in [0.25, 0.3) is 5.69 Å². The van der Waals surface area contributed by atoms with E-state index in [0.29, 0.717) is 16.1 Å². The van der Waals surface area contributed by atoms with Crippen LogP contribution in [0, 0.1) is 0 Å². The number of amides is 1. The van der Waals surface area contributed by atoms with E-state index >= 15 is 0 Å². The molecule has 2 aromatic carbocycles. The Balaban J connectivity index is 1.59. The molecular formula is C17H15ClN4O2. The molecule has 0 aliphatic carbocycles. The maximum atomic E-state index is 12.2. The van der Waals surface area contributed by atoms with E-state index < -0.39 is 6.10 Å². The second-order valence-corrected chi connectivity index (χ2v) is 5.61. The molecule has 2 N–H and O–H groups in total. The van der Waals surface area contributed by atoms with Crippen molar-refractivity contribution in [1.82, 2.24) is 20.3 Å². The predicted octanol–water partition coefficient (Wildman–Crippen LogP) is 2.38. The van der Waals surface area contributed by atoms with Gasteiger partial charge in [0.2, 0.25) is 0 Å². The molecule has 0 aliphatic rings. The van der Waals surface area contributed by atoms with Gasteiger partial charge in [0.05, 0.1) is 24.2 Å². The topological polar surface area (TPSA) is 80.0 Å². The highest BCUT2D eigenvalue weighted by Gasteiger charge is 2.11. The molecule has 1 amide bonds. The maximum Gasteiger partial charge on any atom is 0.251 e. The van der Waals surface area contributed by atoms with Gasteiger partial charge < -0.3 is 10.4 Å². The van der Waals surface area contributed by atoms with Crippen LogP contribution >= 0.6 is 11.6 Å². The van der Waals surface area contributed by atoms with Gasteiger partial charge in [-0.3, -0.25) is 4.79 Å². The van der Waals surface area contributed by atoms with Gasteiger partial charge in [0.25, 0.3) is 5.91 Å². The summed E-state index contributed by atoms with van der Waals surface area (Å²) in [7, 11) is 0. The van der Waals surface area contributed by atoms with Gasteiger partial charge in [-0.2, -0.15) is 0 Å². The highest BCUT2D eigenvalue weighted by atomic mass is 35.5. The minimum absolute atomic E-state index is 0.116. The fraction of sp³-hybridized carbons (Fsp3) is 0.118. The fourth-order valence-electron chi connectivity index (χ4n) is 2.21. The molecule has 7 heteroatoms. The Hall–Kier alpha value is -2.70. The Morgan fingerprint density at radius 2 is 1.88 bits per heavy atom. The molecule has 0 aliphatic heterocycles. The van der Waals surface area contributed by atoms with Gasteiger partial charge in [-0.1, -0.05) is 28.9 Å². The highest BCUT2D eigenvalue weighted by molar-refractivity contribution is 6.30. The molecule has 1 atom stereocenters. The van der Waals surface area contributed by atoms with E-state index in [1.165, 1.54) is 0 Å². The smallest absolute Gasteiger partial charge is 0.251 e. The third kappa shape index (κ3) is 3.79. The van der Waals surface area contributed by atoms with Crippen molar-refractivity contribution in [3.8, 4) is 5.69 Å². The van der Waals surface area contributed by atoms with E-state index in [1.54, 1.807) is 65.6 Å². The van der Waals surface area contributed by atoms with Crippen molar-refractivity contribution in [1.29, 1.82) is 0 Å². The summed E-state index contributed by atoms with van der Waals surface area (Å²) < 4.78 is 1.60. The van der Waals surface area contributed by atoms with Crippen molar-refractivity contribution in [2.45, 2.75) is 6.10 Å². The van der Waals surface area contributed by atoms with Gasteiger partial charge in [-0.15, -0.1) is 5.10 Å². The summed E-state index contributed by atoms with van der Waals surface area (Å²) in [5.41, 5.74) is 2.01. The number of halogens is 1. The van der Waals surface area contributed by atoms with E-state index in [4.69, 9.17) is 11.6 Å². The molecule has 0 bridgehead atoms. The highest BCUT2D eigenvalue weighted by Crippen LogP contribution is 2.16. The molecule has 122 valence electrons. The molecule has 0 radical (unpaired) electrons. The van der Waals surface area contributed by atoms with Gasteiger partial charge >= 0.3 is 0 Å². The van der Waals surface area contributed by atoms with E-state index in [9.17, 15) is 9.90 Å². The summed E-state index contributed by atoms with van der Waals surface area (Å²) in [6.45, 7) is 0.116. The van der Waals surface area contributed by atoms with E-state index in [-0.39, 0.29) is 12.5 Å². The summed E-state index contributed by atoms with van der Waals surface area (Å²) in [5, 5.41) is 21.0. The number of aromatic nitrogens is 3. The van der Waals surface area contributed by atoms with Gasteiger partial charge in [-0.05, 0) is 42.0 Å². The summed E-state index contributed by atoms with van der Waals surface area (Å²) >= 11 is 5.81. The largest absolute Gasteiger partial charge is 0.387 e. The first-order chi connectivity index (χ1) is 11.6. The van der Waals surface area contributed by atoms with Crippen molar-refractivity contribution in [3.05, 3.63) is 77.1 Å². The SMILES string of the molecule is O=C(NCC(O)c1ccc(Cl)cc1)c1ccc(-n2ccnn2)cc1. The minimum atomic E-state index is -0.791. The summed E-state index contributed by atoms with van der Waals surface area (Å²) in [6, 6.07) is 13.8. The summed E-state index contributed by atoms with van der Waals surface area (Å²) in [6.07, 6.45) is 2.51. The van der Waals surface area contributed by atoms with Crippen LogP contribution in [0.3, 0.4) is 0 Å². The number of hydrogen-bond acceptors (Lipinski definition) is 4. The average Bonchev–Trinajstić information content (AvgIpc) is 3.15. The van der Waals surface area contributed by atoms with Crippen LogP contribution in [0.1, 0.15) is 22.0 Å². The van der Waals surface area contributed by atoms with Crippen molar-refractivity contribution in [2.75, 3.05) is 6.54 Å². The van der Waals surface area contributed by atoms with Gasteiger partial charge in [0.15, 0.2) is 0 Å². The van der Waals surface area contributed by atoms with Crippen LogP contribution in [0.15, 0.2) is 60.9 Å². The van der Waals surface area contributed by atoms with Crippen molar-refractivity contribution in [2.24, 2.45) is 0 Å². The van der Waals surface area contributed by atoms with E-state index in [1.807, 2.05) is 0 Å². The second kappa shape index (κ2) is 7.25. The number of aliphatic hydroxyl groups excluding tert-OH is 1. The van der Waals surface area contributed by atoms with E-state index in [2.05, 4.69) is 15.6 Å². The first-order valence-corrected chi connectivity index (χ1v) is 7.70. The Labute approximate surface area is 143 Å². The number of nitrogens with zero attached hydrogens (tertiary/aromatic N) is 3. The molecule has 3 aromatic rings. The number of benzene rings is 2. The third-order valence-corrected chi connectivity index (χ3v) is 3.78. The number of aliphatic hydroxyl groups is 1. The predicted molar refractivity (Wildman–Crippen MR) is 90.1 cm³/mol. The normalized spacial score (nSPS) is 11.9. The average molecular weight is 343 g/mol. The number of rotatable bonds is 5. The molecule has 0 saturated heterocycles. The van der Waals surface area contributed by atoms with Crippen LogP contribution in [0.4, 0.5) is 0 Å². The van der Waals surface area contributed by atoms with Crippen LogP contribution in [0.5, 0.6) is 0 Å². The standard InChI is InChI=1S/C17H15ClN4O2/c18-14-5-1-12(2-6-14)16(23)11-19-17(24)13-3-7-15(8-4-13)22-10-9-20-21-22/h1-10,16,23H,11H2,(H,19,24). The number of nitrogens with one attached hydrogen (secondary N) is 1. The molecule has 1 unspecified atom stereocenters. The minimum Gasteiger partial charge on any atom is -0.387 e. The number of carbonyl (C=O) groups is 1. The monoisotopic (exact) mass is 342 g/mol. The molecule has 3 rings (SSSR count). The number of carbonyl (C=O) groups excluding carboxylic acids is 1. The lowest BCUT2D eigenvalue weighted by atomic mass is 10.1. The first kappa shape index (κ1) is 16.2. The first-order valence-electron chi connectivity index (χ1n) is 7.32. The molecule has 0 spiro atoms. The lowest BCUT2D eigenvalue weighted by Crippen LogP contribution is -2.28. The van der Waals surface area contributed by atoms with Gasteiger partial charge in [0, 0.05) is 17.1 Å². The van der Waals surface area contributed by atoms with Crippen LogP contribution in [-0.4, -0.2) is 32.6 Å². The Morgan fingerprint density at radius 3 is 2.50 bits per heavy atom. The quantitative estimate of drug-likeness (QED) is 0.746. The Bertz CT molecular complexity index is 802. The lowest BCUT2D eigenvalue weighted by molar-refractivity contribution is 0.0916. The van der Waals surface area contributed by atoms with Crippen molar-refractivity contribution >= 4 is 17.5 Å². The molecule has 6 nitrogen and oxygen atoms in total. The fourth-order valence-corrected chi connectivity index (χ4v) is 2.33. The Morgan fingerprint density at radius 1 is 1.17 bits per heavy atom. The summed E-state index contributed by atoms with van der Waals surface area (Å²) in [4.78, 5) is 12.2. The molecule has 1 aromatic heterocycles. The molecule has 0 fully saturated rings. The maximum absolute atomic E-state index is 12.2. The van der Waals surface area contributed by atoms with Crippen LogP contribution in [0.2, 0.25) is 5.02 Å². The third-order valence-electron chi connectivity index (χ3n) is 3.53. The van der Waals surface area contributed by atoms with Crippen molar-refractivity contribution in [3.63, 3.8) is 0 Å². The van der Waals surface area contributed by atoms with Crippen LogP contribution < -0.4 is 5.32 Å². The zero-order chi connectivity index (χ0) is 16.9. The molecular weight excluding hydrogens is 328 g/mol. The zero-order valence-corrected chi connectivity index (χ0v) is 13.4. The molecule has 24 heavy (non-hydrogen) atoms. The number of hydrogen-bond donors (Lipinski definition) is 2. The summed E-state index contributed by atoms with van der Waals surface area (Å²) in [5.74, 6) is -0.256. The Kier molecular flexibility index (Phi) is 4.88. The van der Waals surface area contributed by atoms with Crippen molar-refractivity contribution < 1.29 is 9.90 Å². The lowest BCUT2D eigenvalue weighted by Gasteiger charge is -2.12. The second-order valence-electron chi connectivity index (χ2n) is 5.17. The van der Waals surface area contributed by atoms with Gasteiger partial charge in [-0.25, -0.2) is 4.68 Å². The van der Waals surface area contributed by atoms with Gasteiger partial charge in [0.1, 0.15) is 0 Å². The van der Waals surface area contributed by atoms with E-state index in [0.717, 1.165) is 5.69 Å².